The van der Waals surface area contributed by atoms with Crippen LogP contribution in [0, 0.1) is 5.92 Å². The highest BCUT2D eigenvalue weighted by molar-refractivity contribution is 9.10. The van der Waals surface area contributed by atoms with E-state index in [4.69, 9.17) is 4.74 Å². The summed E-state index contributed by atoms with van der Waals surface area (Å²) in [5.74, 6) is -0.313. The van der Waals surface area contributed by atoms with Crippen LogP contribution in [0.2, 0.25) is 0 Å². The average molecular weight is 380 g/mol. The van der Waals surface area contributed by atoms with E-state index in [2.05, 4.69) is 21.2 Å². The van der Waals surface area contributed by atoms with Gasteiger partial charge in [0.25, 0.3) is 5.91 Å². The maximum atomic E-state index is 12.9. The predicted octanol–water partition coefficient (Wildman–Crippen LogP) is 1.23. The Labute approximate surface area is 143 Å². The normalized spacial score (nSPS) is 34.3. The van der Waals surface area contributed by atoms with Crippen LogP contribution in [0.3, 0.4) is 0 Å². The molecule has 3 heterocycles. The van der Waals surface area contributed by atoms with Crippen molar-refractivity contribution in [3.8, 4) is 0 Å². The number of halogens is 1. The fourth-order valence-corrected chi connectivity index (χ4v) is 5.16. The Morgan fingerprint density at radius 2 is 2.35 bits per heavy atom. The first-order chi connectivity index (χ1) is 11.1. The van der Waals surface area contributed by atoms with Crippen LogP contribution in [0.1, 0.15) is 31.7 Å². The molecular weight excluding hydrogens is 360 g/mol. The van der Waals surface area contributed by atoms with Crippen LogP contribution in [0.5, 0.6) is 0 Å². The molecule has 122 valence electrons. The molecule has 3 aliphatic heterocycles. The molecule has 2 saturated heterocycles. The number of fused-ring (bicyclic) bond motifs is 4. The fraction of sp³-hybridized carbons (Fsp3) is 0.529. The lowest BCUT2D eigenvalue weighted by molar-refractivity contribution is -0.947. The van der Waals surface area contributed by atoms with E-state index >= 15 is 0 Å². The van der Waals surface area contributed by atoms with Gasteiger partial charge in [-0.2, -0.15) is 0 Å². The molecule has 0 bridgehead atoms. The monoisotopic (exact) mass is 379 g/mol. The number of rotatable bonds is 2. The maximum absolute atomic E-state index is 12.9. The molecule has 0 aromatic heterocycles. The van der Waals surface area contributed by atoms with Crippen molar-refractivity contribution in [2.24, 2.45) is 5.92 Å². The summed E-state index contributed by atoms with van der Waals surface area (Å²) < 4.78 is 6.25. The number of hydrogen-bond donors (Lipinski definition) is 2. The number of carbonyl (C=O) groups excluding carboxylic acids is 2. The van der Waals surface area contributed by atoms with Crippen molar-refractivity contribution in [1.29, 1.82) is 0 Å². The molecule has 2 fully saturated rings. The van der Waals surface area contributed by atoms with Gasteiger partial charge in [-0.25, -0.2) is 0 Å². The summed E-state index contributed by atoms with van der Waals surface area (Å²) in [5, 5.41) is 3.03. The number of ether oxygens (including phenoxy) is 1. The first kappa shape index (κ1) is 15.1. The minimum atomic E-state index is -0.641. The largest absolute Gasteiger partial charge is 0.466 e. The Balaban J connectivity index is 1.81. The molecule has 5 nitrogen and oxygen atoms in total. The predicted molar refractivity (Wildman–Crippen MR) is 88.0 cm³/mol. The third-order valence-corrected chi connectivity index (χ3v) is 6.13. The zero-order valence-electron chi connectivity index (χ0n) is 13.0. The number of quaternary nitrogens is 1. The number of hydrogen-bond acceptors (Lipinski definition) is 3. The average Bonchev–Trinajstić information content (AvgIpc) is 3.16. The van der Waals surface area contributed by atoms with Crippen LogP contribution >= 0.6 is 15.9 Å². The Bertz CT molecular complexity index is 692. The molecule has 1 aromatic rings. The molecule has 2 N–H and O–H groups in total. The summed E-state index contributed by atoms with van der Waals surface area (Å²) in [7, 11) is 0. The highest BCUT2D eigenvalue weighted by Crippen LogP contribution is 2.45. The van der Waals surface area contributed by atoms with Crippen molar-refractivity contribution in [1.82, 2.24) is 0 Å². The molecule has 0 aliphatic carbocycles. The van der Waals surface area contributed by atoms with Gasteiger partial charge in [-0.15, -0.1) is 0 Å². The first-order valence-electron chi connectivity index (χ1n) is 8.22. The van der Waals surface area contributed by atoms with Crippen molar-refractivity contribution < 1.29 is 19.2 Å². The molecule has 4 rings (SSSR count). The summed E-state index contributed by atoms with van der Waals surface area (Å²) in [6.07, 6.45) is 2.58. The minimum absolute atomic E-state index is 0.0271. The Hall–Kier alpha value is -1.40. The number of benzene rings is 1. The Kier molecular flexibility index (Phi) is 3.50. The molecule has 0 saturated carbocycles. The molecule has 1 aromatic carbocycles. The molecule has 23 heavy (non-hydrogen) atoms. The first-order valence-corrected chi connectivity index (χ1v) is 9.01. The van der Waals surface area contributed by atoms with Gasteiger partial charge in [-0.3, -0.25) is 9.59 Å². The van der Waals surface area contributed by atoms with E-state index in [9.17, 15) is 9.59 Å². The fourth-order valence-electron chi connectivity index (χ4n) is 4.80. The van der Waals surface area contributed by atoms with Gasteiger partial charge in [0.1, 0.15) is 12.0 Å². The van der Waals surface area contributed by atoms with Crippen molar-refractivity contribution in [3.63, 3.8) is 0 Å². The lowest BCUT2D eigenvalue weighted by atomic mass is 9.84. The summed E-state index contributed by atoms with van der Waals surface area (Å²) in [6.45, 7) is 3.15. The summed E-state index contributed by atoms with van der Waals surface area (Å²) in [5.41, 5.74) is 1.25. The zero-order valence-corrected chi connectivity index (χ0v) is 14.6. The van der Waals surface area contributed by atoms with E-state index in [0.717, 1.165) is 35.1 Å². The van der Waals surface area contributed by atoms with Gasteiger partial charge in [-0.05, 0) is 25.1 Å². The quantitative estimate of drug-likeness (QED) is 0.759. The smallest absolute Gasteiger partial charge is 0.315 e. The van der Waals surface area contributed by atoms with Gasteiger partial charge >= 0.3 is 5.97 Å². The van der Waals surface area contributed by atoms with Gasteiger partial charge in [0, 0.05) is 29.3 Å². The van der Waals surface area contributed by atoms with Gasteiger partial charge in [0.15, 0.2) is 0 Å². The van der Waals surface area contributed by atoms with E-state index in [-0.39, 0.29) is 23.8 Å². The van der Waals surface area contributed by atoms with Crippen LogP contribution in [0.25, 0.3) is 0 Å². The second-order valence-electron chi connectivity index (χ2n) is 6.64. The van der Waals surface area contributed by atoms with Crippen LogP contribution in [-0.4, -0.2) is 31.1 Å². The SMILES string of the molecule is CCOC(=O)[C@H]1C[C@]2(C(=O)Nc3ccc(Br)cc32)[NH+]2CCC[C@@H]12. The van der Waals surface area contributed by atoms with Crippen molar-refractivity contribution in [2.75, 3.05) is 18.5 Å². The third kappa shape index (κ3) is 2.01. The number of amides is 1. The van der Waals surface area contributed by atoms with Crippen molar-refractivity contribution in [3.05, 3.63) is 28.2 Å². The Morgan fingerprint density at radius 3 is 3.13 bits per heavy atom. The highest BCUT2D eigenvalue weighted by Gasteiger charge is 2.67. The van der Waals surface area contributed by atoms with E-state index < -0.39 is 5.54 Å². The number of anilines is 1. The van der Waals surface area contributed by atoms with Gasteiger partial charge in [-0.1, -0.05) is 15.9 Å². The standard InChI is InChI=1S/C17H19BrN2O3/c1-2-23-15(21)11-9-17(20-7-3-4-14(11)20)12-8-10(18)5-6-13(12)19-16(17)22/h5-6,8,11,14H,2-4,7,9H2,1H3,(H,19,22)/p+1/t11-,14-,17-/m0/s1. The van der Waals surface area contributed by atoms with Crippen LogP contribution in [0.15, 0.2) is 22.7 Å². The molecule has 1 amide bonds. The summed E-state index contributed by atoms with van der Waals surface area (Å²) >= 11 is 3.52. The number of carbonyl (C=O) groups is 2. The number of esters is 1. The molecule has 1 spiro atoms. The lowest BCUT2D eigenvalue weighted by Crippen LogP contribution is -3.19. The van der Waals surface area contributed by atoms with E-state index in [1.165, 1.54) is 4.90 Å². The lowest BCUT2D eigenvalue weighted by Gasteiger charge is -2.29. The van der Waals surface area contributed by atoms with Crippen molar-refractivity contribution in [2.45, 2.75) is 37.8 Å². The molecular formula is C17H20BrN2O3+. The van der Waals surface area contributed by atoms with Crippen molar-refractivity contribution >= 4 is 33.5 Å². The maximum Gasteiger partial charge on any atom is 0.315 e. The summed E-state index contributed by atoms with van der Waals surface area (Å²) in [6, 6.07) is 6.09. The van der Waals surface area contributed by atoms with Crippen LogP contribution in [0.4, 0.5) is 5.69 Å². The second-order valence-corrected chi connectivity index (χ2v) is 7.55. The molecule has 6 heteroatoms. The Morgan fingerprint density at radius 1 is 1.52 bits per heavy atom. The highest BCUT2D eigenvalue weighted by atomic mass is 79.9. The van der Waals surface area contributed by atoms with E-state index in [0.29, 0.717) is 13.0 Å². The summed E-state index contributed by atoms with van der Waals surface area (Å²) in [4.78, 5) is 26.6. The minimum Gasteiger partial charge on any atom is -0.466 e. The topological polar surface area (TPSA) is 59.8 Å². The molecule has 1 unspecified atom stereocenters. The van der Waals surface area contributed by atoms with E-state index in [1.54, 1.807) is 0 Å². The zero-order chi connectivity index (χ0) is 16.2. The second kappa shape index (κ2) is 5.31. The van der Waals surface area contributed by atoms with Gasteiger partial charge in [0.2, 0.25) is 5.54 Å². The van der Waals surface area contributed by atoms with E-state index in [1.807, 2.05) is 25.1 Å². The molecule has 0 radical (unpaired) electrons. The third-order valence-electron chi connectivity index (χ3n) is 5.64. The van der Waals surface area contributed by atoms with Crippen LogP contribution in [-0.2, 0) is 19.9 Å². The molecule has 3 aliphatic rings. The number of nitrogens with one attached hydrogen (secondary N) is 2. The van der Waals surface area contributed by atoms with Gasteiger partial charge in [0.05, 0.1) is 18.8 Å². The van der Waals surface area contributed by atoms with Crippen LogP contribution < -0.4 is 10.2 Å². The molecule has 4 atom stereocenters. The van der Waals surface area contributed by atoms with Gasteiger partial charge < -0.3 is 15.0 Å².